The van der Waals surface area contributed by atoms with Gasteiger partial charge in [0.1, 0.15) is 0 Å². The molecule has 0 saturated heterocycles. The number of hydrogen-bond acceptors (Lipinski definition) is 2. The van der Waals surface area contributed by atoms with Gasteiger partial charge in [0.05, 0.1) is 0 Å². The average Bonchev–Trinajstić information content (AvgIpc) is 2.50. The molecule has 0 saturated carbocycles. The molecule has 1 aromatic rings. The van der Waals surface area contributed by atoms with E-state index in [-0.39, 0.29) is 0 Å². The van der Waals surface area contributed by atoms with Gasteiger partial charge in [-0.1, -0.05) is 50.3 Å². The zero-order valence-electron chi connectivity index (χ0n) is 13.6. The van der Waals surface area contributed by atoms with Gasteiger partial charge in [0.25, 0.3) is 0 Å². The van der Waals surface area contributed by atoms with Gasteiger partial charge in [-0.2, -0.15) is 0 Å². The Morgan fingerprint density at radius 1 is 1.00 bits per heavy atom. The number of unbranched alkanes of at least 4 members (excludes halogenated alkanes) is 7. The molecule has 1 aromatic carbocycles. The molecule has 0 atom stereocenters. The molecule has 0 aliphatic rings. The lowest BCUT2D eigenvalue weighted by Gasteiger charge is -2.03. The van der Waals surface area contributed by atoms with Gasteiger partial charge >= 0.3 is 5.97 Å². The summed E-state index contributed by atoms with van der Waals surface area (Å²) in [4.78, 5) is 11.6. The molecular formula is C19H28O2S. The summed E-state index contributed by atoms with van der Waals surface area (Å²) < 4.78 is 0. The van der Waals surface area contributed by atoms with Crippen LogP contribution in [-0.2, 0) is 11.2 Å². The van der Waals surface area contributed by atoms with Crippen molar-refractivity contribution in [2.45, 2.75) is 69.6 Å². The standard InChI is InChI=1S/C19H28O2S/c1-16(19(20)21)10-8-6-4-2-3-5-7-9-11-17-12-14-18(22)15-13-17/h10,12-15,22H,2-9,11H2,1H3,(H,20,21)/b16-10+. The van der Waals surface area contributed by atoms with E-state index in [9.17, 15) is 4.79 Å². The fourth-order valence-corrected chi connectivity index (χ4v) is 2.57. The summed E-state index contributed by atoms with van der Waals surface area (Å²) >= 11 is 4.29. The quantitative estimate of drug-likeness (QED) is 0.313. The highest BCUT2D eigenvalue weighted by atomic mass is 32.1. The maximum atomic E-state index is 10.6. The van der Waals surface area contributed by atoms with E-state index in [4.69, 9.17) is 5.11 Å². The summed E-state index contributed by atoms with van der Waals surface area (Å²) in [5.74, 6) is -0.802. The predicted molar refractivity (Wildman–Crippen MR) is 95.7 cm³/mol. The second-order valence-corrected chi connectivity index (χ2v) is 6.39. The number of aliphatic carboxylic acids is 1. The van der Waals surface area contributed by atoms with Crippen LogP contribution in [0.1, 0.15) is 63.9 Å². The molecule has 0 aliphatic heterocycles. The Balaban J connectivity index is 1.92. The molecule has 0 aliphatic carbocycles. The molecule has 0 bridgehead atoms. The number of benzene rings is 1. The first-order chi connectivity index (χ1) is 10.6. The summed E-state index contributed by atoms with van der Waals surface area (Å²) in [6.07, 6.45) is 12.6. The van der Waals surface area contributed by atoms with Crippen LogP contribution in [0.2, 0.25) is 0 Å². The van der Waals surface area contributed by atoms with Gasteiger partial charge < -0.3 is 5.11 Å². The summed E-state index contributed by atoms with van der Waals surface area (Å²) in [5.41, 5.74) is 1.87. The van der Waals surface area contributed by atoms with Crippen LogP contribution in [-0.4, -0.2) is 11.1 Å². The lowest BCUT2D eigenvalue weighted by atomic mass is 10.0. The number of hydrogen-bond donors (Lipinski definition) is 2. The Labute approximate surface area is 140 Å². The molecule has 1 rings (SSSR count). The van der Waals surface area contributed by atoms with Gasteiger partial charge in [0.15, 0.2) is 0 Å². The van der Waals surface area contributed by atoms with Gasteiger partial charge in [0.2, 0.25) is 0 Å². The molecule has 0 fully saturated rings. The van der Waals surface area contributed by atoms with Crippen molar-refractivity contribution in [2.75, 3.05) is 0 Å². The molecule has 122 valence electrons. The third-order valence-electron chi connectivity index (χ3n) is 3.89. The summed E-state index contributed by atoms with van der Waals surface area (Å²) in [6, 6.07) is 8.43. The number of allylic oxidation sites excluding steroid dienone is 1. The first kappa shape index (κ1) is 18.8. The average molecular weight is 320 g/mol. The summed E-state index contributed by atoms with van der Waals surface area (Å²) in [6.45, 7) is 1.66. The van der Waals surface area contributed by atoms with E-state index in [1.807, 2.05) is 6.08 Å². The lowest BCUT2D eigenvalue weighted by Crippen LogP contribution is -1.95. The molecule has 0 amide bonds. The van der Waals surface area contributed by atoms with Gasteiger partial charge in [-0.25, -0.2) is 4.79 Å². The smallest absolute Gasteiger partial charge is 0.330 e. The monoisotopic (exact) mass is 320 g/mol. The van der Waals surface area contributed by atoms with Crippen LogP contribution < -0.4 is 0 Å². The molecule has 1 N–H and O–H groups in total. The number of carboxylic acid groups (broad SMARTS) is 1. The first-order valence-corrected chi connectivity index (χ1v) is 8.72. The third-order valence-corrected chi connectivity index (χ3v) is 4.19. The Morgan fingerprint density at radius 2 is 1.55 bits per heavy atom. The highest BCUT2D eigenvalue weighted by Crippen LogP contribution is 2.13. The normalized spacial score (nSPS) is 11.6. The van der Waals surface area contributed by atoms with Crippen LogP contribution in [0.25, 0.3) is 0 Å². The van der Waals surface area contributed by atoms with E-state index in [0.717, 1.165) is 24.2 Å². The van der Waals surface area contributed by atoms with Crippen molar-refractivity contribution in [3.05, 3.63) is 41.5 Å². The Kier molecular flexibility index (Phi) is 9.72. The molecular weight excluding hydrogens is 292 g/mol. The molecule has 0 aromatic heterocycles. The van der Waals surface area contributed by atoms with Gasteiger partial charge in [-0.3, -0.25) is 0 Å². The van der Waals surface area contributed by atoms with Crippen molar-refractivity contribution in [3.8, 4) is 0 Å². The van der Waals surface area contributed by atoms with Crippen molar-refractivity contribution in [2.24, 2.45) is 0 Å². The number of carbonyl (C=O) groups is 1. The van der Waals surface area contributed by atoms with E-state index in [0.29, 0.717) is 5.57 Å². The topological polar surface area (TPSA) is 37.3 Å². The maximum Gasteiger partial charge on any atom is 0.330 e. The van der Waals surface area contributed by atoms with Crippen LogP contribution in [0.4, 0.5) is 0 Å². The minimum atomic E-state index is -0.802. The number of carboxylic acids is 1. The van der Waals surface area contributed by atoms with E-state index in [1.54, 1.807) is 6.92 Å². The second kappa shape index (κ2) is 11.4. The maximum absolute atomic E-state index is 10.6. The SMILES string of the molecule is C/C(=C\CCCCCCCCCc1ccc(S)cc1)C(=O)O. The van der Waals surface area contributed by atoms with Crippen molar-refractivity contribution < 1.29 is 9.90 Å². The van der Waals surface area contributed by atoms with E-state index >= 15 is 0 Å². The molecule has 0 heterocycles. The Hall–Kier alpha value is -1.22. The molecule has 0 radical (unpaired) electrons. The van der Waals surface area contributed by atoms with Crippen molar-refractivity contribution >= 4 is 18.6 Å². The second-order valence-electron chi connectivity index (χ2n) is 5.87. The van der Waals surface area contributed by atoms with Crippen LogP contribution in [0.5, 0.6) is 0 Å². The van der Waals surface area contributed by atoms with Gasteiger partial charge in [-0.05, 0) is 50.3 Å². The first-order valence-electron chi connectivity index (χ1n) is 8.27. The minimum absolute atomic E-state index is 0.464. The van der Waals surface area contributed by atoms with E-state index in [2.05, 4.69) is 36.9 Å². The van der Waals surface area contributed by atoms with E-state index in [1.165, 1.54) is 44.1 Å². The van der Waals surface area contributed by atoms with E-state index < -0.39 is 5.97 Å². The van der Waals surface area contributed by atoms with Crippen LogP contribution >= 0.6 is 12.6 Å². The van der Waals surface area contributed by atoms with Crippen molar-refractivity contribution in [3.63, 3.8) is 0 Å². The van der Waals surface area contributed by atoms with Crippen molar-refractivity contribution in [1.29, 1.82) is 0 Å². The minimum Gasteiger partial charge on any atom is -0.478 e. The fraction of sp³-hybridized carbons (Fsp3) is 0.526. The zero-order chi connectivity index (χ0) is 16.2. The molecule has 0 spiro atoms. The van der Waals surface area contributed by atoms with Crippen LogP contribution in [0, 0.1) is 0 Å². The number of aryl methyl sites for hydroxylation is 1. The zero-order valence-corrected chi connectivity index (χ0v) is 14.4. The van der Waals surface area contributed by atoms with Crippen molar-refractivity contribution in [1.82, 2.24) is 0 Å². The highest BCUT2D eigenvalue weighted by Gasteiger charge is 1.98. The highest BCUT2D eigenvalue weighted by molar-refractivity contribution is 7.80. The third kappa shape index (κ3) is 8.93. The Morgan fingerprint density at radius 3 is 2.14 bits per heavy atom. The number of thiol groups is 1. The summed E-state index contributed by atoms with van der Waals surface area (Å²) in [5, 5.41) is 8.73. The molecule has 22 heavy (non-hydrogen) atoms. The van der Waals surface area contributed by atoms with Crippen LogP contribution in [0.3, 0.4) is 0 Å². The number of rotatable bonds is 11. The van der Waals surface area contributed by atoms with Gasteiger partial charge in [0, 0.05) is 10.5 Å². The molecule has 3 heteroatoms. The van der Waals surface area contributed by atoms with Gasteiger partial charge in [-0.15, -0.1) is 12.6 Å². The predicted octanol–water partition coefficient (Wildman–Crippen LogP) is 5.67. The van der Waals surface area contributed by atoms with Crippen LogP contribution in [0.15, 0.2) is 40.8 Å². The molecule has 0 unspecified atom stereocenters. The Bertz CT molecular complexity index is 463. The molecule has 2 nitrogen and oxygen atoms in total. The lowest BCUT2D eigenvalue weighted by molar-refractivity contribution is -0.132. The summed E-state index contributed by atoms with van der Waals surface area (Å²) in [7, 11) is 0. The fourth-order valence-electron chi connectivity index (χ4n) is 2.43. The largest absolute Gasteiger partial charge is 0.478 e.